The van der Waals surface area contributed by atoms with Crippen molar-refractivity contribution in [3.8, 4) is 28.4 Å². The van der Waals surface area contributed by atoms with Crippen molar-refractivity contribution in [1.82, 2.24) is 4.90 Å². The minimum absolute atomic E-state index is 0.0211. The molecule has 1 atom stereocenters. The van der Waals surface area contributed by atoms with Crippen LogP contribution in [0.2, 0.25) is 0 Å². The van der Waals surface area contributed by atoms with Crippen molar-refractivity contribution in [1.29, 1.82) is 0 Å². The van der Waals surface area contributed by atoms with Crippen LogP contribution in [0.3, 0.4) is 0 Å². The highest BCUT2D eigenvalue weighted by atomic mass is 32.2. The Morgan fingerprint density at radius 2 is 1.38 bits per heavy atom. The Hall–Kier alpha value is -4.83. The lowest BCUT2D eigenvalue weighted by Crippen LogP contribution is -2.39. The third-order valence-corrected chi connectivity index (χ3v) is 11.2. The molecule has 0 radical (unpaired) electrons. The molecule has 1 unspecified atom stereocenters. The number of rotatable bonds is 8. The monoisotopic (exact) mass is 627 g/mol. The molecule has 2 aliphatic rings. The van der Waals surface area contributed by atoms with Crippen LogP contribution in [-0.2, 0) is 24.1 Å². The van der Waals surface area contributed by atoms with Crippen molar-refractivity contribution in [3.63, 3.8) is 0 Å². The van der Waals surface area contributed by atoms with Gasteiger partial charge in [-0.2, -0.15) is 0 Å². The van der Waals surface area contributed by atoms with Crippen LogP contribution in [0, 0.1) is 0 Å². The second-order valence-corrected chi connectivity index (χ2v) is 13.6. The Morgan fingerprint density at radius 3 is 1.96 bits per heavy atom. The van der Waals surface area contributed by atoms with Gasteiger partial charge in [0, 0.05) is 19.0 Å². The summed E-state index contributed by atoms with van der Waals surface area (Å²) < 4.78 is 42.8. The number of sulfone groups is 1. The molecule has 45 heavy (non-hydrogen) atoms. The van der Waals surface area contributed by atoms with Crippen molar-refractivity contribution in [2.45, 2.75) is 23.5 Å². The topological polar surface area (TPSA) is 119 Å². The molecule has 0 bridgehead atoms. The third-order valence-electron chi connectivity index (χ3n) is 8.72. The first-order chi connectivity index (χ1) is 21.7. The molecular formula is C35H33NO8S. The number of benzene rings is 4. The minimum atomic E-state index is -4.01. The summed E-state index contributed by atoms with van der Waals surface area (Å²) in [7, 11) is -2.44. The van der Waals surface area contributed by atoms with Crippen LogP contribution >= 0.6 is 0 Å². The molecule has 0 saturated carbocycles. The molecule has 4 aromatic rings. The van der Waals surface area contributed by atoms with Gasteiger partial charge in [0.2, 0.25) is 0 Å². The van der Waals surface area contributed by atoms with Gasteiger partial charge in [-0.25, -0.2) is 13.2 Å². The average Bonchev–Trinajstić information content (AvgIpc) is 3.29. The summed E-state index contributed by atoms with van der Waals surface area (Å²) in [5, 5.41) is 9.84. The van der Waals surface area contributed by atoms with Gasteiger partial charge in [-0.15, -0.1) is 0 Å². The fourth-order valence-corrected chi connectivity index (χ4v) is 8.44. The molecule has 1 amide bonds. The quantitative estimate of drug-likeness (QED) is 0.244. The zero-order chi connectivity index (χ0) is 31.6. The second kappa shape index (κ2) is 12.3. The van der Waals surface area contributed by atoms with Crippen molar-refractivity contribution >= 4 is 21.9 Å². The van der Waals surface area contributed by atoms with E-state index in [0.717, 1.165) is 22.3 Å². The first-order valence-electron chi connectivity index (χ1n) is 14.7. The zero-order valence-corrected chi connectivity index (χ0v) is 25.5. The molecule has 1 aliphatic carbocycles. The number of fused-ring (bicyclic) bond motifs is 3. The molecule has 1 saturated heterocycles. The van der Waals surface area contributed by atoms with E-state index >= 15 is 0 Å². The Bertz CT molecular complexity index is 1780. The number of nitrogens with zero attached hydrogens (tertiary/aromatic N) is 1. The fraction of sp³-hybridized carbons (Fsp3) is 0.257. The summed E-state index contributed by atoms with van der Waals surface area (Å²) in [6, 6.07) is 29.4. The summed E-state index contributed by atoms with van der Waals surface area (Å²) in [4.78, 5) is 26.8. The van der Waals surface area contributed by atoms with Crippen molar-refractivity contribution in [2.24, 2.45) is 0 Å². The van der Waals surface area contributed by atoms with E-state index in [-0.39, 0.29) is 32.0 Å². The molecule has 10 heteroatoms. The number of hydrogen-bond donors (Lipinski definition) is 1. The van der Waals surface area contributed by atoms with E-state index in [4.69, 9.17) is 14.2 Å². The SMILES string of the molecule is COc1ccc(Oc2ccc(C3(CC(=O)O)CCN(C(=O)OCC4c5ccccc5-c5ccccc54)CCS3(=O)=O)cc2)cc1. The second-order valence-electron chi connectivity index (χ2n) is 11.2. The van der Waals surface area contributed by atoms with Crippen LogP contribution in [0.4, 0.5) is 4.79 Å². The van der Waals surface area contributed by atoms with E-state index in [2.05, 4.69) is 12.1 Å². The van der Waals surface area contributed by atoms with Gasteiger partial charge in [0.05, 0.1) is 19.3 Å². The molecule has 4 aromatic carbocycles. The van der Waals surface area contributed by atoms with Gasteiger partial charge in [0.15, 0.2) is 9.84 Å². The number of carboxylic acids is 1. The van der Waals surface area contributed by atoms with Crippen LogP contribution in [-0.4, -0.2) is 63.0 Å². The zero-order valence-electron chi connectivity index (χ0n) is 24.7. The fourth-order valence-electron chi connectivity index (χ4n) is 6.35. The average molecular weight is 628 g/mol. The standard InChI is InChI=1S/C35H33NO8S/c1-42-25-14-16-27(17-15-25)44-26-12-10-24(11-13-26)35(22-33(37)38)18-19-36(20-21-45(35,40)41)34(39)43-23-32-30-8-4-2-6-28(30)29-7-3-5-9-31(29)32/h2-17,32H,18-23H2,1H3,(H,37,38). The lowest BCUT2D eigenvalue weighted by Gasteiger charge is -2.31. The summed E-state index contributed by atoms with van der Waals surface area (Å²) in [5.74, 6) is -0.0768. The maximum absolute atomic E-state index is 13.8. The predicted molar refractivity (Wildman–Crippen MR) is 168 cm³/mol. The first kappa shape index (κ1) is 30.2. The summed E-state index contributed by atoms with van der Waals surface area (Å²) in [5.41, 5.74) is 4.69. The van der Waals surface area contributed by atoms with Crippen LogP contribution in [0.5, 0.6) is 17.2 Å². The summed E-state index contributed by atoms with van der Waals surface area (Å²) in [6.07, 6.45) is -1.35. The Labute approximate surface area is 261 Å². The highest BCUT2D eigenvalue weighted by molar-refractivity contribution is 7.92. The minimum Gasteiger partial charge on any atom is -0.497 e. The number of hydrogen-bond acceptors (Lipinski definition) is 7. The highest BCUT2D eigenvalue weighted by Gasteiger charge is 2.49. The van der Waals surface area contributed by atoms with E-state index in [1.165, 1.54) is 4.90 Å². The van der Waals surface area contributed by atoms with E-state index in [1.807, 2.05) is 36.4 Å². The lowest BCUT2D eigenvalue weighted by atomic mass is 9.91. The van der Waals surface area contributed by atoms with Gasteiger partial charge in [-0.1, -0.05) is 60.7 Å². The van der Waals surface area contributed by atoms with Crippen molar-refractivity contribution < 1.29 is 37.3 Å². The van der Waals surface area contributed by atoms with E-state index < -0.39 is 38.8 Å². The maximum atomic E-state index is 13.8. The molecule has 9 nitrogen and oxygen atoms in total. The number of aliphatic carboxylic acids is 1. The largest absolute Gasteiger partial charge is 0.497 e. The molecule has 1 heterocycles. The van der Waals surface area contributed by atoms with E-state index in [0.29, 0.717) is 22.8 Å². The molecule has 1 fully saturated rings. The van der Waals surface area contributed by atoms with Crippen LogP contribution < -0.4 is 9.47 Å². The lowest BCUT2D eigenvalue weighted by molar-refractivity contribution is -0.137. The van der Waals surface area contributed by atoms with Crippen LogP contribution in [0.25, 0.3) is 11.1 Å². The van der Waals surface area contributed by atoms with Crippen LogP contribution in [0.1, 0.15) is 35.4 Å². The maximum Gasteiger partial charge on any atom is 0.409 e. The van der Waals surface area contributed by atoms with Gasteiger partial charge >= 0.3 is 12.1 Å². The molecular weight excluding hydrogens is 594 g/mol. The summed E-state index contributed by atoms with van der Waals surface area (Å²) >= 11 is 0. The molecule has 1 aliphatic heterocycles. The number of carbonyl (C=O) groups excluding carboxylic acids is 1. The Kier molecular flexibility index (Phi) is 8.24. The number of amides is 1. The molecule has 1 N–H and O–H groups in total. The van der Waals surface area contributed by atoms with Gasteiger partial charge in [-0.05, 0) is 70.6 Å². The first-order valence-corrected chi connectivity index (χ1v) is 16.3. The van der Waals surface area contributed by atoms with Gasteiger partial charge in [0.1, 0.15) is 28.6 Å². The molecule has 0 aromatic heterocycles. The predicted octanol–water partition coefficient (Wildman–Crippen LogP) is 6.23. The highest BCUT2D eigenvalue weighted by Crippen LogP contribution is 2.45. The Balaban J connectivity index is 1.19. The summed E-state index contributed by atoms with van der Waals surface area (Å²) in [6.45, 7) is 0.0262. The smallest absolute Gasteiger partial charge is 0.409 e. The van der Waals surface area contributed by atoms with Gasteiger partial charge in [-0.3, -0.25) is 4.79 Å². The number of carbonyl (C=O) groups is 2. The number of carboxylic acid groups (broad SMARTS) is 1. The number of methoxy groups -OCH3 is 1. The number of ether oxygens (including phenoxy) is 3. The van der Waals surface area contributed by atoms with Crippen LogP contribution in [0.15, 0.2) is 97.1 Å². The van der Waals surface area contributed by atoms with Crippen molar-refractivity contribution in [2.75, 3.05) is 32.6 Å². The van der Waals surface area contributed by atoms with Gasteiger partial charge in [0.25, 0.3) is 0 Å². The van der Waals surface area contributed by atoms with Crippen molar-refractivity contribution in [3.05, 3.63) is 114 Å². The van der Waals surface area contributed by atoms with Gasteiger partial charge < -0.3 is 24.2 Å². The molecule has 232 valence electrons. The van der Waals surface area contributed by atoms with E-state index in [9.17, 15) is 23.1 Å². The van der Waals surface area contributed by atoms with E-state index in [1.54, 1.807) is 55.6 Å². The third kappa shape index (κ3) is 5.85. The molecule has 6 rings (SSSR count). The Morgan fingerprint density at radius 1 is 0.822 bits per heavy atom. The normalized spacial score (nSPS) is 18.7. The molecule has 0 spiro atoms.